The highest BCUT2D eigenvalue weighted by molar-refractivity contribution is 5.93. The van der Waals surface area contributed by atoms with Crippen LogP contribution in [-0.2, 0) is 7.05 Å². The van der Waals surface area contributed by atoms with Gasteiger partial charge in [0.1, 0.15) is 11.5 Å². The van der Waals surface area contributed by atoms with Gasteiger partial charge in [0.2, 0.25) is 17.8 Å². The Bertz CT molecular complexity index is 855. The van der Waals surface area contributed by atoms with Crippen molar-refractivity contribution in [3.63, 3.8) is 0 Å². The topological polar surface area (TPSA) is 113 Å². The predicted molar refractivity (Wildman–Crippen MR) is 106 cm³/mol. The number of aromatic nitrogens is 5. The minimum Gasteiger partial charge on any atom is -0.353 e. The number of anilines is 3. The predicted octanol–water partition coefficient (Wildman–Crippen LogP) is 1.09. The van der Waals surface area contributed by atoms with Crippen LogP contribution in [0.1, 0.15) is 47.9 Å². The van der Waals surface area contributed by atoms with Crippen LogP contribution in [0.5, 0.6) is 0 Å². The van der Waals surface area contributed by atoms with Crippen LogP contribution >= 0.6 is 0 Å². The van der Waals surface area contributed by atoms with Gasteiger partial charge in [0.15, 0.2) is 0 Å². The molecule has 4 rings (SSSR count). The zero-order valence-corrected chi connectivity index (χ0v) is 16.6. The summed E-state index contributed by atoms with van der Waals surface area (Å²) < 4.78 is 1.72. The lowest BCUT2D eigenvalue weighted by Crippen LogP contribution is -2.27. The molecule has 0 radical (unpaired) electrons. The second kappa shape index (κ2) is 7.70. The molecule has 0 aliphatic heterocycles. The number of carbonyl (C=O) groups is 1. The molecule has 28 heavy (non-hydrogen) atoms. The van der Waals surface area contributed by atoms with Crippen molar-refractivity contribution in [2.75, 3.05) is 37.8 Å². The van der Waals surface area contributed by atoms with E-state index in [2.05, 4.69) is 40.8 Å². The molecule has 2 saturated carbocycles. The van der Waals surface area contributed by atoms with Gasteiger partial charge in [0.25, 0.3) is 5.91 Å². The van der Waals surface area contributed by atoms with E-state index in [9.17, 15) is 4.79 Å². The molecular formula is C18H27N9O. The SMILES string of the molecule is CN(C)CCNc1nc(Nc2ncc(C(=O)NC3CC3)n2C)nc(C2CC2)n1. The van der Waals surface area contributed by atoms with Crippen LogP contribution in [0.2, 0.25) is 0 Å². The van der Waals surface area contributed by atoms with Crippen LogP contribution in [-0.4, -0.2) is 68.5 Å². The van der Waals surface area contributed by atoms with Crippen molar-refractivity contribution >= 4 is 23.8 Å². The molecule has 0 unspecified atom stereocenters. The molecule has 3 N–H and O–H groups in total. The lowest BCUT2D eigenvalue weighted by Gasteiger charge is -2.12. The van der Waals surface area contributed by atoms with Gasteiger partial charge in [-0.25, -0.2) is 4.98 Å². The van der Waals surface area contributed by atoms with Crippen molar-refractivity contribution < 1.29 is 4.79 Å². The van der Waals surface area contributed by atoms with Crippen LogP contribution in [0.3, 0.4) is 0 Å². The quantitative estimate of drug-likeness (QED) is 0.588. The highest BCUT2D eigenvalue weighted by Gasteiger charge is 2.28. The summed E-state index contributed by atoms with van der Waals surface area (Å²) in [6, 6.07) is 0.305. The maximum atomic E-state index is 12.3. The van der Waals surface area contributed by atoms with Crippen LogP contribution in [0.25, 0.3) is 0 Å². The molecular weight excluding hydrogens is 358 g/mol. The fraction of sp³-hybridized carbons (Fsp3) is 0.611. The second-order valence-corrected chi connectivity index (χ2v) is 7.74. The zero-order valence-electron chi connectivity index (χ0n) is 16.6. The van der Waals surface area contributed by atoms with Gasteiger partial charge in [-0.05, 0) is 39.8 Å². The van der Waals surface area contributed by atoms with E-state index in [-0.39, 0.29) is 5.91 Å². The molecule has 2 aromatic rings. The molecule has 2 aromatic heterocycles. The molecule has 0 bridgehead atoms. The number of amides is 1. The fourth-order valence-corrected chi connectivity index (χ4v) is 2.77. The number of nitrogens with zero attached hydrogens (tertiary/aromatic N) is 6. The maximum Gasteiger partial charge on any atom is 0.269 e. The number of hydrogen-bond donors (Lipinski definition) is 3. The first-order chi connectivity index (χ1) is 13.5. The number of likely N-dealkylation sites (N-methyl/N-ethyl adjacent to an activating group) is 1. The summed E-state index contributed by atoms with van der Waals surface area (Å²) in [4.78, 5) is 32.3. The molecule has 150 valence electrons. The van der Waals surface area contributed by atoms with Crippen LogP contribution in [0.4, 0.5) is 17.8 Å². The number of carbonyl (C=O) groups excluding carboxylic acids is 1. The highest BCUT2D eigenvalue weighted by atomic mass is 16.2. The fourth-order valence-electron chi connectivity index (χ4n) is 2.77. The number of hydrogen-bond acceptors (Lipinski definition) is 8. The highest BCUT2D eigenvalue weighted by Crippen LogP contribution is 2.38. The third-order valence-electron chi connectivity index (χ3n) is 4.79. The summed E-state index contributed by atoms with van der Waals surface area (Å²) in [7, 11) is 5.85. The first-order valence-electron chi connectivity index (χ1n) is 9.74. The van der Waals surface area contributed by atoms with Crippen molar-refractivity contribution in [1.82, 2.24) is 34.7 Å². The summed E-state index contributed by atoms with van der Waals surface area (Å²) in [5.74, 6) is 2.61. The maximum absolute atomic E-state index is 12.3. The Morgan fingerprint density at radius 1 is 1.18 bits per heavy atom. The standard InChI is InChI=1S/C18H27N9O/c1-26(2)9-8-19-16-22-14(11-4-5-11)23-17(24-16)25-18-20-10-13(27(18)3)15(28)21-12-6-7-12/h10-12H,4-9H2,1-3H3,(H,21,28)(H2,19,20,22,23,24,25). The van der Waals surface area contributed by atoms with Gasteiger partial charge in [-0.3, -0.25) is 10.1 Å². The lowest BCUT2D eigenvalue weighted by atomic mass is 10.4. The van der Waals surface area contributed by atoms with E-state index in [1.807, 2.05) is 14.1 Å². The van der Waals surface area contributed by atoms with Gasteiger partial charge in [-0.15, -0.1) is 0 Å². The molecule has 0 saturated heterocycles. The van der Waals surface area contributed by atoms with Crippen LogP contribution < -0.4 is 16.0 Å². The van der Waals surface area contributed by atoms with E-state index in [4.69, 9.17) is 0 Å². The summed E-state index contributed by atoms with van der Waals surface area (Å²) in [6.07, 6.45) is 5.88. The second-order valence-electron chi connectivity index (χ2n) is 7.74. The molecule has 2 aliphatic rings. The molecule has 2 aliphatic carbocycles. The van der Waals surface area contributed by atoms with Gasteiger partial charge < -0.3 is 20.1 Å². The largest absolute Gasteiger partial charge is 0.353 e. The molecule has 0 atom stereocenters. The third kappa shape index (κ3) is 4.56. The average molecular weight is 385 g/mol. The monoisotopic (exact) mass is 385 g/mol. The van der Waals surface area contributed by atoms with Gasteiger partial charge >= 0.3 is 0 Å². The average Bonchev–Trinajstić information content (AvgIpc) is 3.55. The van der Waals surface area contributed by atoms with Gasteiger partial charge in [0.05, 0.1) is 6.20 Å². The van der Waals surface area contributed by atoms with Crippen LogP contribution in [0.15, 0.2) is 6.20 Å². The summed E-state index contributed by atoms with van der Waals surface area (Å²) >= 11 is 0. The first kappa shape index (κ1) is 18.6. The number of rotatable bonds is 9. The van der Waals surface area contributed by atoms with Gasteiger partial charge in [0, 0.05) is 32.1 Å². The lowest BCUT2D eigenvalue weighted by molar-refractivity contribution is 0.0943. The van der Waals surface area contributed by atoms with Crippen molar-refractivity contribution in [2.45, 2.75) is 37.6 Å². The van der Waals surface area contributed by atoms with Gasteiger partial charge in [-0.1, -0.05) is 0 Å². The van der Waals surface area contributed by atoms with Crippen molar-refractivity contribution in [3.05, 3.63) is 17.7 Å². The smallest absolute Gasteiger partial charge is 0.269 e. The zero-order chi connectivity index (χ0) is 19.7. The first-order valence-corrected chi connectivity index (χ1v) is 9.74. The van der Waals surface area contributed by atoms with E-state index in [1.54, 1.807) is 17.8 Å². The van der Waals surface area contributed by atoms with Crippen molar-refractivity contribution in [2.24, 2.45) is 7.05 Å². The Kier molecular flexibility index (Phi) is 5.12. The molecule has 10 nitrogen and oxygen atoms in total. The molecule has 10 heteroatoms. The van der Waals surface area contributed by atoms with Crippen LogP contribution in [0, 0.1) is 0 Å². The number of nitrogens with one attached hydrogen (secondary N) is 3. The minimum absolute atomic E-state index is 0.106. The van der Waals surface area contributed by atoms with E-state index < -0.39 is 0 Å². The Balaban J connectivity index is 1.49. The Morgan fingerprint density at radius 2 is 1.93 bits per heavy atom. The Hall–Kier alpha value is -2.75. The Morgan fingerprint density at radius 3 is 2.61 bits per heavy atom. The molecule has 2 fully saturated rings. The normalized spacial score (nSPS) is 16.3. The summed E-state index contributed by atoms with van der Waals surface area (Å²) in [5.41, 5.74) is 0.509. The molecule has 0 spiro atoms. The van der Waals surface area contributed by atoms with E-state index in [0.29, 0.717) is 35.5 Å². The van der Waals surface area contributed by atoms with Gasteiger partial charge in [-0.2, -0.15) is 15.0 Å². The number of imidazole rings is 1. The summed E-state index contributed by atoms with van der Waals surface area (Å²) in [5, 5.41) is 9.37. The van der Waals surface area contributed by atoms with E-state index in [1.165, 1.54) is 0 Å². The molecule has 1 amide bonds. The summed E-state index contributed by atoms with van der Waals surface area (Å²) in [6.45, 7) is 1.63. The minimum atomic E-state index is -0.106. The van der Waals surface area contributed by atoms with Crippen molar-refractivity contribution in [1.29, 1.82) is 0 Å². The molecule has 2 heterocycles. The van der Waals surface area contributed by atoms with E-state index in [0.717, 1.165) is 44.6 Å². The molecule has 0 aromatic carbocycles. The van der Waals surface area contributed by atoms with Crippen molar-refractivity contribution in [3.8, 4) is 0 Å². The Labute approximate surface area is 164 Å². The van der Waals surface area contributed by atoms with E-state index >= 15 is 0 Å². The third-order valence-corrected chi connectivity index (χ3v) is 4.79.